The van der Waals surface area contributed by atoms with E-state index in [0.29, 0.717) is 5.69 Å². The van der Waals surface area contributed by atoms with E-state index in [-0.39, 0.29) is 17.5 Å². The molecular weight excluding hydrogens is 278 g/mol. The summed E-state index contributed by atoms with van der Waals surface area (Å²) in [4.78, 5) is 4.24. The van der Waals surface area contributed by atoms with Gasteiger partial charge in [-0.05, 0) is 31.2 Å². The third-order valence-electron chi connectivity index (χ3n) is 2.89. The first kappa shape index (κ1) is 15.0. The Balaban J connectivity index is 2.16. The largest absolute Gasteiger partial charge is 0.493 e. The van der Waals surface area contributed by atoms with Crippen LogP contribution >= 0.6 is 0 Å². The number of anilines is 1. The van der Waals surface area contributed by atoms with Gasteiger partial charge in [0.2, 0.25) is 0 Å². The predicted molar refractivity (Wildman–Crippen MR) is 75.9 cm³/mol. The Morgan fingerprint density at radius 1 is 1.14 bits per heavy atom. The first-order valence-electron chi connectivity index (χ1n) is 6.40. The molecule has 0 aliphatic carbocycles. The molecule has 0 aliphatic heterocycles. The highest BCUT2D eigenvalue weighted by molar-refractivity contribution is 5.55. The Hall–Kier alpha value is -2.37. The average molecular weight is 294 g/mol. The van der Waals surface area contributed by atoms with E-state index in [9.17, 15) is 8.78 Å². The maximum absolute atomic E-state index is 12.4. The molecule has 1 N–H and O–H groups in total. The van der Waals surface area contributed by atoms with Crippen molar-refractivity contribution in [3.63, 3.8) is 0 Å². The number of nitrogens with zero attached hydrogens (tertiary/aromatic N) is 1. The molecule has 4 nitrogen and oxygen atoms in total. The van der Waals surface area contributed by atoms with Crippen LogP contribution in [0.25, 0.3) is 0 Å². The van der Waals surface area contributed by atoms with Gasteiger partial charge in [0.25, 0.3) is 0 Å². The fraction of sp³-hybridized carbons (Fsp3) is 0.267. The molecule has 0 saturated carbocycles. The fourth-order valence-electron chi connectivity index (χ4n) is 1.91. The topological polar surface area (TPSA) is 43.4 Å². The van der Waals surface area contributed by atoms with Crippen LogP contribution in [0.5, 0.6) is 11.5 Å². The van der Waals surface area contributed by atoms with Gasteiger partial charge in [-0.2, -0.15) is 8.78 Å². The third-order valence-corrected chi connectivity index (χ3v) is 2.89. The zero-order valence-corrected chi connectivity index (χ0v) is 11.7. The summed E-state index contributed by atoms with van der Waals surface area (Å²) in [5, 5.41) is 3.18. The predicted octanol–water partition coefficient (Wildman–Crippen LogP) is 3.86. The highest BCUT2D eigenvalue weighted by Crippen LogP contribution is 2.32. The molecule has 1 aromatic heterocycles. The number of halogens is 2. The molecule has 1 heterocycles. The molecule has 112 valence electrons. The summed E-state index contributed by atoms with van der Waals surface area (Å²) in [6.07, 6.45) is 1.70. The molecule has 0 bridgehead atoms. The molecule has 6 heteroatoms. The summed E-state index contributed by atoms with van der Waals surface area (Å²) in [7, 11) is 1.40. The SMILES string of the molecule is COc1ccc(NC(C)c2ccccn2)cc1OC(F)F. The Labute approximate surface area is 121 Å². The van der Waals surface area contributed by atoms with Gasteiger partial charge in [0, 0.05) is 18.0 Å². The van der Waals surface area contributed by atoms with E-state index in [1.165, 1.54) is 13.2 Å². The van der Waals surface area contributed by atoms with Crippen molar-refractivity contribution in [3.8, 4) is 11.5 Å². The van der Waals surface area contributed by atoms with Crippen molar-refractivity contribution in [2.75, 3.05) is 12.4 Å². The Kier molecular flexibility index (Phi) is 4.92. The lowest BCUT2D eigenvalue weighted by Gasteiger charge is -2.17. The van der Waals surface area contributed by atoms with Gasteiger partial charge in [-0.3, -0.25) is 4.98 Å². The maximum atomic E-state index is 12.4. The Morgan fingerprint density at radius 3 is 2.57 bits per heavy atom. The van der Waals surface area contributed by atoms with Crippen molar-refractivity contribution in [3.05, 3.63) is 48.3 Å². The second kappa shape index (κ2) is 6.88. The zero-order valence-electron chi connectivity index (χ0n) is 11.7. The number of nitrogens with one attached hydrogen (secondary N) is 1. The van der Waals surface area contributed by atoms with Gasteiger partial charge in [-0.25, -0.2) is 0 Å². The first-order chi connectivity index (χ1) is 10.1. The van der Waals surface area contributed by atoms with Crippen LogP contribution < -0.4 is 14.8 Å². The van der Waals surface area contributed by atoms with E-state index in [1.54, 1.807) is 18.3 Å². The molecule has 21 heavy (non-hydrogen) atoms. The summed E-state index contributed by atoms with van der Waals surface area (Å²) < 4.78 is 34.2. The minimum atomic E-state index is -2.90. The molecule has 1 atom stereocenters. The minimum Gasteiger partial charge on any atom is -0.493 e. The number of ether oxygens (including phenoxy) is 2. The number of pyridine rings is 1. The van der Waals surface area contributed by atoms with Gasteiger partial charge in [0.05, 0.1) is 18.8 Å². The van der Waals surface area contributed by atoms with Crippen LogP contribution in [-0.2, 0) is 0 Å². The van der Waals surface area contributed by atoms with Crippen molar-refractivity contribution < 1.29 is 18.3 Å². The lowest BCUT2D eigenvalue weighted by atomic mass is 10.2. The highest BCUT2D eigenvalue weighted by Gasteiger charge is 2.13. The van der Waals surface area contributed by atoms with Crippen LogP contribution in [0.3, 0.4) is 0 Å². The van der Waals surface area contributed by atoms with Gasteiger partial charge in [-0.1, -0.05) is 6.07 Å². The van der Waals surface area contributed by atoms with Crippen LogP contribution in [0.4, 0.5) is 14.5 Å². The molecule has 0 amide bonds. The smallest absolute Gasteiger partial charge is 0.387 e. The van der Waals surface area contributed by atoms with Crippen LogP contribution in [0.2, 0.25) is 0 Å². The lowest BCUT2D eigenvalue weighted by molar-refractivity contribution is -0.0511. The normalized spacial score (nSPS) is 12.0. The van der Waals surface area contributed by atoms with Crippen LogP contribution in [0, 0.1) is 0 Å². The van der Waals surface area contributed by atoms with Crippen LogP contribution in [-0.4, -0.2) is 18.7 Å². The maximum Gasteiger partial charge on any atom is 0.387 e. The van der Waals surface area contributed by atoms with Crippen molar-refractivity contribution in [2.45, 2.75) is 19.6 Å². The van der Waals surface area contributed by atoms with E-state index < -0.39 is 6.61 Å². The molecule has 0 radical (unpaired) electrons. The molecular formula is C15H16F2N2O2. The molecule has 2 rings (SSSR count). The summed E-state index contributed by atoms with van der Waals surface area (Å²) >= 11 is 0. The first-order valence-corrected chi connectivity index (χ1v) is 6.40. The number of rotatable bonds is 6. The average Bonchev–Trinajstić information content (AvgIpc) is 2.48. The van der Waals surface area contributed by atoms with E-state index in [4.69, 9.17) is 4.74 Å². The molecule has 0 saturated heterocycles. The Bertz CT molecular complexity index is 579. The number of hydrogen-bond acceptors (Lipinski definition) is 4. The van der Waals surface area contributed by atoms with Crippen molar-refractivity contribution in [2.24, 2.45) is 0 Å². The molecule has 1 unspecified atom stereocenters. The number of hydrogen-bond donors (Lipinski definition) is 1. The fourth-order valence-corrected chi connectivity index (χ4v) is 1.91. The second-order valence-corrected chi connectivity index (χ2v) is 4.36. The van der Waals surface area contributed by atoms with Crippen LogP contribution in [0.1, 0.15) is 18.7 Å². The number of methoxy groups -OCH3 is 1. The second-order valence-electron chi connectivity index (χ2n) is 4.36. The third kappa shape index (κ3) is 4.05. The van der Waals surface area contributed by atoms with Gasteiger partial charge >= 0.3 is 6.61 Å². The number of aromatic nitrogens is 1. The van der Waals surface area contributed by atoms with Gasteiger partial charge in [0.15, 0.2) is 11.5 Å². The van der Waals surface area contributed by atoms with Crippen molar-refractivity contribution >= 4 is 5.69 Å². The highest BCUT2D eigenvalue weighted by atomic mass is 19.3. The minimum absolute atomic E-state index is 0.00859. The van der Waals surface area contributed by atoms with Crippen molar-refractivity contribution in [1.29, 1.82) is 0 Å². The summed E-state index contributed by atoms with van der Waals surface area (Å²) in [6.45, 7) is -0.970. The van der Waals surface area contributed by atoms with Crippen molar-refractivity contribution in [1.82, 2.24) is 4.98 Å². The summed E-state index contributed by atoms with van der Waals surface area (Å²) in [5.74, 6) is 0.247. The molecule has 0 spiro atoms. The van der Waals surface area contributed by atoms with Gasteiger partial charge in [-0.15, -0.1) is 0 Å². The number of benzene rings is 1. The van der Waals surface area contributed by atoms with E-state index >= 15 is 0 Å². The number of alkyl halides is 2. The van der Waals surface area contributed by atoms with E-state index in [1.807, 2.05) is 25.1 Å². The monoisotopic (exact) mass is 294 g/mol. The molecule has 1 aromatic carbocycles. The lowest BCUT2D eigenvalue weighted by Crippen LogP contribution is -2.09. The molecule has 0 fully saturated rings. The van der Waals surface area contributed by atoms with E-state index in [0.717, 1.165) is 5.69 Å². The van der Waals surface area contributed by atoms with Gasteiger partial charge in [0.1, 0.15) is 0 Å². The Morgan fingerprint density at radius 2 is 1.95 bits per heavy atom. The van der Waals surface area contributed by atoms with E-state index in [2.05, 4.69) is 15.0 Å². The summed E-state index contributed by atoms with van der Waals surface area (Å²) in [6, 6.07) is 10.3. The standard InChI is InChI=1S/C15H16F2N2O2/c1-10(12-5-3-4-8-18-12)19-11-6-7-13(20-2)14(9-11)21-15(16)17/h3-10,15,19H,1-2H3. The van der Waals surface area contributed by atoms with Gasteiger partial charge < -0.3 is 14.8 Å². The molecule has 0 aliphatic rings. The summed E-state index contributed by atoms with van der Waals surface area (Å²) in [5.41, 5.74) is 1.49. The quantitative estimate of drug-likeness (QED) is 0.878. The molecule has 2 aromatic rings. The zero-order chi connectivity index (χ0) is 15.2. The van der Waals surface area contributed by atoms with Crippen LogP contribution in [0.15, 0.2) is 42.6 Å².